The number of rotatable bonds is 6. The second kappa shape index (κ2) is 6.15. The third-order valence-electron chi connectivity index (χ3n) is 2.73. The number of nitrogens with one attached hydrogen (secondary N) is 1. The van der Waals surface area contributed by atoms with Crippen LogP contribution in [0.25, 0.3) is 10.1 Å². The van der Waals surface area contributed by atoms with E-state index in [1.54, 1.807) is 0 Å². The van der Waals surface area contributed by atoms with Gasteiger partial charge in [-0.2, -0.15) is 0 Å². The summed E-state index contributed by atoms with van der Waals surface area (Å²) in [5.74, 6) is 0. The van der Waals surface area contributed by atoms with Gasteiger partial charge in [-0.15, -0.1) is 11.3 Å². The molecule has 1 N–H and O–H groups in total. The van der Waals surface area contributed by atoms with Crippen molar-refractivity contribution >= 4 is 21.4 Å². The van der Waals surface area contributed by atoms with Gasteiger partial charge < -0.3 is 10.2 Å². The zero-order valence-corrected chi connectivity index (χ0v) is 11.4. The largest absolute Gasteiger partial charge is 0.312 e. The van der Waals surface area contributed by atoms with Crippen LogP contribution in [0, 0.1) is 0 Å². The molecule has 2 rings (SSSR count). The quantitative estimate of drug-likeness (QED) is 0.791. The molecule has 1 aromatic carbocycles. The van der Waals surface area contributed by atoms with Gasteiger partial charge in [0.25, 0.3) is 0 Å². The van der Waals surface area contributed by atoms with Crippen LogP contribution in [0.5, 0.6) is 0 Å². The van der Waals surface area contributed by atoms with Crippen LogP contribution in [0.3, 0.4) is 0 Å². The summed E-state index contributed by atoms with van der Waals surface area (Å²) in [6, 6.07) is 10.9. The number of hydrogen-bond acceptors (Lipinski definition) is 3. The summed E-state index contributed by atoms with van der Waals surface area (Å²) >= 11 is 1.89. The van der Waals surface area contributed by atoms with Gasteiger partial charge in [0, 0.05) is 16.1 Å². The van der Waals surface area contributed by atoms with E-state index in [4.69, 9.17) is 0 Å². The van der Waals surface area contributed by atoms with Crippen LogP contribution in [0.4, 0.5) is 0 Å². The molecule has 17 heavy (non-hydrogen) atoms. The van der Waals surface area contributed by atoms with Crippen molar-refractivity contribution in [1.82, 2.24) is 10.2 Å². The number of fused-ring (bicyclic) bond motifs is 1. The summed E-state index contributed by atoms with van der Waals surface area (Å²) < 4.78 is 1.39. The van der Waals surface area contributed by atoms with Crippen molar-refractivity contribution in [3.8, 4) is 0 Å². The molecule has 0 aliphatic carbocycles. The SMILES string of the molecule is CN(C)CCCNCc1cc2ccccc2s1. The number of hydrogen-bond donors (Lipinski definition) is 1. The van der Waals surface area contributed by atoms with Crippen molar-refractivity contribution in [2.75, 3.05) is 27.2 Å². The molecule has 1 aromatic heterocycles. The van der Waals surface area contributed by atoms with Crippen LogP contribution in [0.2, 0.25) is 0 Å². The first-order valence-electron chi connectivity index (χ1n) is 6.08. The second-order valence-corrected chi connectivity index (χ2v) is 5.75. The molecule has 0 saturated heterocycles. The fraction of sp³-hybridized carbons (Fsp3) is 0.429. The third-order valence-corrected chi connectivity index (χ3v) is 3.85. The highest BCUT2D eigenvalue weighted by Crippen LogP contribution is 2.24. The molecule has 3 heteroatoms. The minimum Gasteiger partial charge on any atom is -0.312 e. The summed E-state index contributed by atoms with van der Waals surface area (Å²) in [6.07, 6.45) is 1.21. The maximum Gasteiger partial charge on any atom is 0.0346 e. The van der Waals surface area contributed by atoms with Crippen molar-refractivity contribution in [2.24, 2.45) is 0 Å². The average molecular weight is 248 g/mol. The van der Waals surface area contributed by atoms with E-state index in [-0.39, 0.29) is 0 Å². The summed E-state index contributed by atoms with van der Waals surface area (Å²) in [5, 5.41) is 4.87. The Kier molecular flexibility index (Phi) is 4.54. The molecule has 0 radical (unpaired) electrons. The Morgan fingerprint density at radius 3 is 2.82 bits per heavy atom. The van der Waals surface area contributed by atoms with E-state index < -0.39 is 0 Å². The smallest absolute Gasteiger partial charge is 0.0346 e. The van der Waals surface area contributed by atoms with E-state index in [1.807, 2.05) is 11.3 Å². The van der Waals surface area contributed by atoms with Crippen molar-refractivity contribution in [3.63, 3.8) is 0 Å². The molecule has 1 heterocycles. The highest BCUT2D eigenvalue weighted by molar-refractivity contribution is 7.19. The maximum absolute atomic E-state index is 3.50. The molecule has 2 aromatic rings. The maximum atomic E-state index is 3.50. The Bertz CT molecular complexity index is 429. The molecule has 0 spiro atoms. The van der Waals surface area contributed by atoms with Crippen LogP contribution >= 0.6 is 11.3 Å². The van der Waals surface area contributed by atoms with Gasteiger partial charge in [0.2, 0.25) is 0 Å². The van der Waals surface area contributed by atoms with E-state index in [0.29, 0.717) is 0 Å². The highest BCUT2D eigenvalue weighted by atomic mass is 32.1. The first-order valence-corrected chi connectivity index (χ1v) is 6.90. The van der Waals surface area contributed by atoms with E-state index in [1.165, 1.54) is 21.4 Å². The standard InChI is InChI=1S/C14H20N2S/c1-16(2)9-5-8-15-11-13-10-12-6-3-4-7-14(12)17-13/h3-4,6-7,10,15H,5,8-9,11H2,1-2H3. The Morgan fingerprint density at radius 2 is 2.06 bits per heavy atom. The van der Waals surface area contributed by atoms with Gasteiger partial charge in [0.15, 0.2) is 0 Å². The zero-order valence-electron chi connectivity index (χ0n) is 10.6. The van der Waals surface area contributed by atoms with E-state index >= 15 is 0 Å². The van der Waals surface area contributed by atoms with E-state index in [9.17, 15) is 0 Å². The monoisotopic (exact) mass is 248 g/mol. The summed E-state index contributed by atoms with van der Waals surface area (Å²) in [5.41, 5.74) is 0. The molecule has 2 nitrogen and oxygen atoms in total. The van der Waals surface area contributed by atoms with E-state index in [2.05, 4.69) is 54.6 Å². The van der Waals surface area contributed by atoms with Crippen molar-refractivity contribution in [2.45, 2.75) is 13.0 Å². The van der Waals surface area contributed by atoms with Gasteiger partial charge in [-0.3, -0.25) is 0 Å². The molecule has 0 atom stereocenters. The summed E-state index contributed by atoms with van der Waals surface area (Å²) in [7, 11) is 4.23. The molecule has 0 fully saturated rings. The van der Waals surface area contributed by atoms with Gasteiger partial charge in [-0.25, -0.2) is 0 Å². The lowest BCUT2D eigenvalue weighted by atomic mass is 10.2. The second-order valence-electron chi connectivity index (χ2n) is 4.58. The van der Waals surface area contributed by atoms with Gasteiger partial charge in [-0.1, -0.05) is 18.2 Å². The lowest BCUT2D eigenvalue weighted by molar-refractivity contribution is 0.394. The van der Waals surface area contributed by atoms with E-state index in [0.717, 1.165) is 19.6 Å². The molecule has 0 amide bonds. The minimum atomic E-state index is 0.993. The molecule has 0 aliphatic heterocycles. The molecule has 92 valence electrons. The van der Waals surface area contributed by atoms with Gasteiger partial charge >= 0.3 is 0 Å². The highest BCUT2D eigenvalue weighted by Gasteiger charge is 2.00. The average Bonchev–Trinajstić information content (AvgIpc) is 2.70. The fourth-order valence-electron chi connectivity index (χ4n) is 1.86. The predicted molar refractivity (Wildman–Crippen MR) is 76.7 cm³/mol. The molecule has 0 bridgehead atoms. The third kappa shape index (κ3) is 3.80. The van der Waals surface area contributed by atoms with Crippen LogP contribution < -0.4 is 5.32 Å². The molecule has 0 unspecified atom stereocenters. The topological polar surface area (TPSA) is 15.3 Å². The van der Waals surface area contributed by atoms with Gasteiger partial charge in [0.05, 0.1) is 0 Å². The van der Waals surface area contributed by atoms with Crippen LogP contribution in [0.15, 0.2) is 30.3 Å². The van der Waals surface area contributed by atoms with Crippen LogP contribution in [-0.2, 0) is 6.54 Å². The lowest BCUT2D eigenvalue weighted by Gasteiger charge is -2.09. The first-order chi connectivity index (χ1) is 8.25. The lowest BCUT2D eigenvalue weighted by Crippen LogP contribution is -2.20. The predicted octanol–water partition coefficient (Wildman–Crippen LogP) is 2.94. The Hall–Kier alpha value is -0.900. The number of benzene rings is 1. The van der Waals surface area contributed by atoms with Crippen LogP contribution in [0.1, 0.15) is 11.3 Å². The number of thiophene rings is 1. The fourth-order valence-corrected chi connectivity index (χ4v) is 2.89. The van der Waals surface area contributed by atoms with Gasteiger partial charge in [-0.05, 0) is 51.1 Å². The first kappa shape index (κ1) is 12.6. The Morgan fingerprint density at radius 1 is 1.24 bits per heavy atom. The van der Waals surface area contributed by atoms with Crippen molar-refractivity contribution in [3.05, 3.63) is 35.2 Å². The molecular weight excluding hydrogens is 228 g/mol. The van der Waals surface area contributed by atoms with Crippen molar-refractivity contribution in [1.29, 1.82) is 0 Å². The minimum absolute atomic E-state index is 0.993. The zero-order chi connectivity index (χ0) is 12.1. The Balaban J connectivity index is 1.79. The molecule has 0 saturated carbocycles. The normalized spacial score (nSPS) is 11.5. The van der Waals surface area contributed by atoms with Crippen molar-refractivity contribution < 1.29 is 0 Å². The molecule has 0 aliphatic rings. The van der Waals surface area contributed by atoms with Gasteiger partial charge in [0.1, 0.15) is 0 Å². The summed E-state index contributed by atoms with van der Waals surface area (Å²) in [4.78, 5) is 3.65. The summed E-state index contributed by atoms with van der Waals surface area (Å²) in [6.45, 7) is 3.23. The number of nitrogens with zero attached hydrogens (tertiary/aromatic N) is 1. The Labute approximate surface area is 107 Å². The molecular formula is C14H20N2S. The van der Waals surface area contributed by atoms with Crippen LogP contribution in [-0.4, -0.2) is 32.1 Å².